The first kappa shape index (κ1) is 14.4. The van der Waals surface area contributed by atoms with Crippen LogP contribution in [0, 0.1) is 5.82 Å². The molecule has 0 bridgehead atoms. The Labute approximate surface area is 113 Å². The normalized spacial score (nSPS) is 20.9. The van der Waals surface area contributed by atoms with E-state index in [0.29, 0.717) is 18.7 Å². The Balaban J connectivity index is 2.38. The highest BCUT2D eigenvalue weighted by molar-refractivity contribution is 7.89. The van der Waals surface area contributed by atoms with Crippen LogP contribution in [-0.2, 0) is 16.6 Å². The Kier molecular flexibility index (Phi) is 4.23. The highest BCUT2D eigenvalue weighted by Crippen LogP contribution is 2.26. The third-order valence-corrected chi connectivity index (χ3v) is 5.49. The minimum absolute atomic E-state index is 0.0165. The number of nitrogens with zero attached hydrogens (tertiary/aromatic N) is 1. The van der Waals surface area contributed by atoms with Crippen molar-refractivity contribution >= 4 is 10.0 Å². The van der Waals surface area contributed by atoms with Gasteiger partial charge in [-0.3, -0.25) is 0 Å². The molecule has 1 aliphatic heterocycles. The van der Waals surface area contributed by atoms with Gasteiger partial charge in [-0.15, -0.1) is 0 Å². The predicted octanol–water partition coefficient (Wildman–Crippen LogP) is 1.72. The fourth-order valence-electron chi connectivity index (χ4n) is 2.44. The fourth-order valence-corrected chi connectivity index (χ4v) is 4.19. The summed E-state index contributed by atoms with van der Waals surface area (Å²) in [5.41, 5.74) is 0.371. The lowest BCUT2D eigenvalue weighted by Gasteiger charge is -2.21. The molecule has 4 nitrogen and oxygen atoms in total. The van der Waals surface area contributed by atoms with E-state index in [-0.39, 0.29) is 16.8 Å². The van der Waals surface area contributed by atoms with Crippen LogP contribution in [0.15, 0.2) is 23.1 Å². The number of halogens is 1. The SMILES string of the molecule is CNCc1cc(S(=O)(=O)N2CCCC2C)ccc1F. The molecule has 0 saturated carbocycles. The first-order valence-electron chi connectivity index (χ1n) is 6.41. The van der Waals surface area contributed by atoms with Crippen molar-refractivity contribution in [2.24, 2.45) is 0 Å². The Morgan fingerprint density at radius 2 is 2.21 bits per heavy atom. The van der Waals surface area contributed by atoms with Gasteiger partial charge in [0.1, 0.15) is 5.82 Å². The monoisotopic (exact) mass is 286 g/mol. The van der Waals surface area contributed by atoms with Gasteiger partial charge in [-0.1, -0.05) is 0 Å². The zero-order valence-corrected chi connectivity index (χ0v) is 12.0. The van der Waals surface area contributed by atoms with Crippen LogP contribution in [0.2, 0.25) is 0 Å². The van der Waals surface area contributed by atoms with Crippen molar-refractivity contribution in [3.8, 4) is 0 Å². The molecule has 0 spiro atoms. The average molecular weight is 286 g/mol. The highest BCUT2D eigenvalue weighted by Gasteiger charge is 2.32. The van der Waals surface area contributed by atoms with Gasteiger partial charge in [0.2, 0.25) is 10.0 Å². The zero-order chi connectivity index (χ0) is 14.0. The average Bonchev–Trinajstić information content (AvgIpc) is 2.79. The van der Waals surface area contributed by atoms with Crippen molar-refractivity contribution in [3.63, 3.8) is 0 Å². The van der Waals surface area contributed by atoms with Gasteiger partial charge in [0.05, 0.1) is 4.90 Å². The predicted molar refractivity (Wildman–Crippen MR) is 71.8 cm³/mol. The number of sulfonamides is 1. The molecule has 1 aromatic rings. The Morgan fingerprint density at radius 1 is 1.47 bits per heavy atom. The van der Waals surface area contributed by atoms with Crippen molar-refractivity contribution in [3.05, 3.63) is 29.6 Å². The number of hydrogen-bond acceptors (Lipinski definition) is 3. The van der Waals surface area contributed by atoms with Gasteiger partial charge in [0, 0.05) is 24.7 Å². The third kappa shape index (κ3) is 2.80. The second kappa shape index (κ2) is 5.56. The summed E-state index contributed by atoms with van der Waals surface area (Å²) in [4.78, 5) is 0.174. The summed E-state index contributed by atoms with van der Waals surface area (Å²) in [6, 6.07) is 4.00. The number of benzene rings is 1. The lowest BCUT2D eigenvalue weighted by Crippen LogP contribution is -2.33. The van der Waals surface area contributed by atoms with Gasteiger partial charge >= 0.3 is 0 Å². The molecule has 0 aliphatic carbocycles. The maximum atomic E-state index is 13.6. The Morgan fingerprint density at radius 3 is 2.79 bits per heavy atom. The molecule has 1 fully saturated rings. The van der Waals surface area contributed by atoms with E-state index >= 15 is 0 Å². The Bertz CT molecular complexity index is 560. The molecule has 0 amide bonds. The number of rotatable bonds is 4. The summed E-state index contributed by atoms with van der Waals surface area (Å²) in [5, 5.41) is 2.83. The van der Waals surface area contributed by atoms with Crippen molar-refractivity contribution in [2.45, 2.75) is 37.2 Å². The molecular formula is C13H19FN2O2S. The maximum Gasteiger partial charge on any atom is 0.243 e. The molecule has 0 radical (unpaired) electrons. The van der Waals surface area contributed by atoms with E-state index in [1.807, 2.05) is 6.92 Å². The van der Waals surface area contributed by atoms with Crippen LogP contribution in [0.4, 0.5) is 4.39 Å². The van der Waals surface area contributed by atoms with Gasteiger partial charge in [-0.05, 0) is 45.0 Å². The molecule has 1 heterocycles. The summed E-state index contributed by atoms with van der Waals surface area (Å²) >= 11 is 0. The number of nitrogens with one attached hydrogen (secondary N) is 1. The van der Waals surface area contributed by atoms with Gasteiger partial charge in [0.15, 0.2) is 0 Å². The molecule has 1 aliphatic rings. The van der Waals surface area contributed by atoms with Crippen LogP contribution in [0.1, 0.15) is 25.3 Å². The van der Waals surface area contributed by atoms with Gasteiger partial charge in [-0.25, -0.2) is 12.8 Å². The molecule has 1 N–H and O–H groups in total. The van der Waals surface area contributed by atoms with Gasteiger partial charge in [0.25, 0.3) is 0 Å². The van der Waals surface area contributed by atoms with Crippen LogP contribution in [-0.4, -0.2) is 32.4 Å². The van der Waals surface area contributed by atoms with Crippen LogP contribution in [0.25, 0.3) is 0 Å². The minimum Gasteiger partial charge on any atom is -0.316 e. The Hall–Kier alpha value is -0.980. The summed E-state index contributed by atoms with van der Waals surface area (Å²) < 4.78 is 40.0. The molecule has 1 atom stereocenters. The van der Waals surface area contributed by atoms with Crippen molar-refractivity contribution in [1.82, 2.24) is 9.62 Å². The molecule has 106 valence electrons. The second-order valence-corrected chi connectivity index (χ2v) is 6.78. The number of hydrogen-bond donors (Lipinski definition) is 1. The third-order valence-electron chi connectivity index (χ3n) is 3.48. The molecule has 1 aromatic carbocycles. The van der Waals surface area contributed by atoms with Gasteiger partial charge < -0.3 is 5.32 Å². The van der Waals surface area contributed by atoms with E-state index in [2.05, 4.69) is 5.32 Å². The fraction of sp³-hybridized carbons (Fsp3) is 0.538. The lowest BCUT2D eigenvalue weighted by atomic mass is 10.2. The molecule has 19 heavy (non-hydrogen) atoms. The zero-order valence-electron chi connectivity index (χ0n) is 11.2. The standard InChI is InChI=1S/C13H19FN2O2S/c1-10-4-3-7-16(10)19(17,18)12-5-6-13(14)11(8-12)9-15-2/h5-6,8,10,15H,3-4,7,9H2,1-2H3. The van der Waals surface area contributed by atoms with Crippen molar-refractivity contribution in [1.29, 1.82) is 0 Å². The largest absolute Gasteiger partial charge is 0.316 e. The molecule has 1 unspecified atom stereocenters. The smallest absolute Gasteiger partial charge is 0.243 e. The quantitative estimate of drug-likeness (QED) is 0.917. The van der Waals surface area contributed by atoms with E-state index in [1.54, 1.807) is 7.05 Å². The van der Waals surface area contributed by atoms with Crippen molar-refractivity contribution < 1.29 is 12.8 Å². The first-order valence-corrected chi connectivity index (χ1v) is 7.85. The van der Waals surface area contributed by atoms with E-state index in [0.717, 1.165) is 12.8 Å². The second-order valence-electron chi connectivity index (χ2n) is 4.89. The molecule has 6 heteroatoms. The highest BCUT2D eigenvalue weighted by atomic mass is 32.2. The van der Waals surface area contributed by atoms with E-state index in [4.69, 9.17) is 0 Å². The maximum absolute atomic E-state index is 13.6. The summed E-state index contributed by atoms with van der Waals surface area (Å²) in [6.45, 7) is 2.76. The van der Waals surface area contributed by atoms with Crippen LogP contribution >= 0.6 is 0 Å². The lowest BCUT2D eigenvalue weighted by molar-refractivity contribution is 0.408. The minimum atomic E-state index is -3.51. The first-order chi connectivity index (χ1) is 8.96. The molecular weight excluding hydrogens is 267 g/mol. The topological polar surface area (TPSA) is 49.4 Å². The summed E-state index contributed by atoms with van der Waals surface area (Å²) in [5.74, 6) is -0.386. The molecule has 1 saturated heterocycles. The van der Waals surface area contributed by atoms with Gasteiger partial charge in [-0.2, -0.15) is 4.31 Å². The van der Waals surface area contributed by atoms with Crippen LogP contribution in [0.5, 0.6) is 0 Å². The van der Waals surface area contributed by atoms with E-state index in [1.165, 1.54) is 22.5 Å². The van der Waals surface area contributed by atoms with Crippen LogP contribution < -0.4 is 5.32 Å². The van der Waals surface area contributed by atoms with Crippen LogP contribution in [0.3, 0.4) is 0 Å². The summed E-state index contributed by atoms with van der Waals surface area (Å²) in [6.07, 6.45) is 1.76. The molecule has 2 rings (SSSR count). The van der Waals surface area contributed by atoms with E-state index in [9.17, 15) is 12.8 Å². The van der Waals surface area contributed by atoms with Crippen molar-refractivity contribution in [2.75, 3.05) is 13.6 Å². The summed E-state index contributed by atoms with van der Waals surface area (Å²) in [7, 11) is -1.81. The van der Waals surface area contributed by atoms with E-state index < -0.39 is 10.0 Å². The molecule has 0 aromatic heterocycles.